The third-order valence-electron chi connectivity index (χ3n) is 11.2. The first-order valence-electron chi connectivity index (χ1n) is 16.8. The van der Waals surface area contributed by atoms with Gasteiger partial charge >= 0.3 is 0 Å². The Morgan fingerprint density at radius 1 is 0.333 bits per heavy atom. The molecule has 0 saturated heterocycles. The van der Waals surface area contributed by atoms with Crippen molar-refractivity contribution in [3.05, 3.63) is 181 Å². The van der Waals surface area contributed by atoms with E-state index in [1.165, 1.54) is 89.7 Å². The second kappa shape index (κ2) is 8.75. The van der Waals surface area contributed by atoms with Crippen LogP contribution in [0.1, 0.15) is 34.6 Å². The van der Waals surface area contributed by atoms with E-state index in [1.54, 1.807) is 0 Å². The van der Waals surface area contributed by atoms with Gasteiger partial charge in [0.15, 0.2) is 0 Å². The molecule has 2 atom stereocenters. The third-order valence-corrected chi connectivity index (χ3v) is 11.2. The van der Waals surface area contributed by atoms with Gasteiger partial charge in [0, 0.05) is 23.5 Å². The normalized spacial score (nSPS) is 17.1. The van der Waals surface area contributed by atoms with Gasteiger partial charge in [-0.3, -0.25) is 0 Å². The monoisotopic (exact) mass is 612 g/mol. The summed E-state index contributed by atoms with van der Waals surface area (Å²) in [7, 11) is 0. The molecule has 224 valence electrons. The lowest BCUT2D eigenvalue weighted by Gasteiger charge is -2.46. The molecule has 0 radical (unpaired) electrons. The van der Waals surface area contributed by atoms with E-state index >= 15 is 0 Å². The Morgan fingerprint density at radius 2 is 0.729 bits per heavy atom. The number of fused-ring (bicyclic) bond motifs is 25. The fourth-order valence-corrected chi connectivity index (χ4v) is 9.38. The van der Waals surface area contributed by atoms with E-state index in [-0.39, 0.29) is 12.1 Å². The molecule has 0 saturated carbocycles. The Labute approximate surface area is 278 Å². The van der Waals surface area contributed by atoms with Crippen LogP contribution < -0.4 is 9.80 Å². The van der Waals surface area contributed by atoms with Crippen LogP contribution in [0.15, 0.2) is 158 Å². The fourth-order valence-electron chi connectivity index (χ4n) is 9.38. The molecule has 48 heavy (non-hydrogen) atoms. The van der Waals surface area contributed by atoms with E-state index in [0.29, 0.717) is 0 Å². The fraction of sp³-hybridized carbons (Fsp3) is 0.0455. The molecule has 0 fully saturated rings. The van der Waals surface area contributed by atoms with Crippen molar-refractivity contribution < 1.29 is 0 Å². The zero-order valence-corrected chi connectivity index (χ0v) is 26.0. The molecule has 2 unspecified atom stereocenters. The van der Waals surface area contributed by atoms with Crippen molar-refractivity contribution in [3.8, 4) is 33.6 Å². The van der Waals surface area contributed by atoms with Crippen LogP contribution in [-0.4, -0.2) is 9.13 Å². The number of aromatic nitrogens is 2. The van der Waals surface area contributed by atoms with Crippen molar-refractivity contribution in [2.24, 2.45) is 0 Å². The minimum atomic E-state index is 0.0705. The van der Waals surface area contributed by atoms with Crippen molar-refractivity contribution in [1.29, 1.82) is 0 Å². The summed E-state index contributed by atoms with van der Waals surface area (Å²) in [6.07, 6.45) is 4.42. The average molecular weight is 613 g/mol. The smallest absolute Gasteiger partial charge is 0.101 e. The first-order valence-corrected chi connectivity index (χ1v) is 16.8. The van der Waals surface area contributed by atoms with E-state index < -0.39 is 0 Å². The van der Waals surface area contributed by atoms with Gasteiger partial charge in [-0.05, 0) is 93.7 Å². The Morgan fingerprint density at radius 3 is 1.19 bits per heavy atom. The summed E-state index contributed by atoms with van der Waals surface area (Å²) < 4.78 is 4.76. The molecule has 0 bridgehead atoms. The second-order valence-electron chi connectivity index (χ2n) is 13.3. The van der Waals surface area contributed by atoms with Gasteiger partial charge in [-0.1, -0.05) is 84.9 Å². The molecule has 0 amide bonds. The largest absolute Gasteiger partial charge is 0.326 e. The van der Waals surface area contributed by atoms with Gasteiger partial charge in [-0.2, -0.15) is 0 Å². The first kappa shape index (κ1) is 24.9. The summed E-state index contributed by atoms with van der Waals surface area (Å²) in [5.74, 6) is 0. The predicted octanol–water partition coefficient (Wildman–Crippen LogP) is 10.9. The highest BCUT2D eigenvalue weighted by molar-refractivity contribution is 6.12. The highest BCUT2D eigenvalue weighted by atomic mass is 15.3. The predicted molar refractivity (Wildman–Crippen MR) is 194 cm³/mol. The summed E-state index contributed by atoms with van der Waals surface area (Å²) in [4.78, 5) is 5.13. The number of benzene rings is 6. The maximum absolute atomic E-state index is 2.56. The molecule has 4 aliphatic rings. The number of nitrogens with zero attached hydrogens (tertiary/aromatic N) is 4. The van der Waals surface area contributed by atoms with E-state index in [4.69, 9.17) is 0 Å². The standard InChI is InChI=1S/C44H28N4/c1-3-13-33-29(11-1)41-27-21-24-32-42(28(27)22-23-31(41)43-39-19-9-25-45(39)35-15-5-7-17-37(35)47(33)43)30-12-2-4-14-34(30)48-38-18-8-6-16-36(38)46-26-10-20-40(46)44(32)48/h1-26,43-44H. The van der Waals surface area contributed by atoms with Gasteiger partial charge in [0.25, 0.3) is 0 Å². The number of para-hydroxylation sites is 6. The minimum absolute atomic E-state index is 0.0705. The molecule has 2 aromatic heterocycles. The maximum Gasteiger partial charge on any atom is 0.101 e. The van der Waals surface area contributed by atoms with Crippen molar-refractivity contribution in [2.45, 2.75) is 12.1 Å². The Balaban J connectivity index is 1.17. The third kappa shape index (κ3) is 2.89. The van der Waals surface area contributed by atoms with E-state index in [1.807, 2.05) is 0 Å². The summed E-state index contributed by atoms with van der Waals surface area (Å²) in [6.45, 7) is 0. The quantitative estimate of drug-likeness (QED) is 0.169. The zero-order chi connectivity index (χ0) is 31.1. The maximum atomic E-state index is 2.56. The molecule has 4 nitrogen and oxygen atoms in total. The molecular weight excluding hydrogens is 585 g/mol. The van der Waals surface area contributed by atoms with Gasteiger partial charge in [-0.25, -0.2) is 0 Å². The highest BCUT2D eigenvalue weighted by Crippen LogP contribution is 2.59. The first-order chi connectivity index (χ1) is 23.9. The molecule has 4 aliphatic heterocycles. The van der Waals surface area contributed by atoms with Crippen molar-refractivity contribution in [2.75, 3.05) is 9.80 Å². The number of hydrogen-bond acceptors (Lipinski definition) is 2. The van der Waals surface area contributed by atoms with Crippen LogP contribution in [-0.2, 0) is 0 Å². The Kier molecular flexibility index (Phi) is 4.54. The van der Waals surface area contributed by atoms with Gasteiger partial charge in [-0.15, -0.1) is 0 Å². The lowest BCUT2D eigenvalue weighted by atomic mass is 9.78. The number of rotatable bonds is 0. The summed E-state index contributed by atoms with van der Waals surface area (Å²) in [5, 5.41) is 2.62. The molecule has 8 aromatic rings. The van der Waals surface area contributed by atoms with Crippen molar-refractivity contribution in [1.82, 2.24) is 9.13 Å². The van der Waals surface area contributed by atoms with Crippen molar-refractivity contribution >= 4 is 33.5 Å². The number of hydrogen-bond donors (Lipinski definition) is 0. The lowest BCUT2D eigenvalue weighted by molar-refractivity contribution is 0.724. The Bertz CT molecular complexity index is 2490. The van der Waals surface area contributed by atoms with Gasteiger partial charge in [0.05, 0.1) is 45.5 Å². The van der Waals surface area contributed by atoms with Crippen LogP contribution in [0.4, 0.5) is 22.7 Å². The van der Waals surface area contributed by atoms with Gasteiger partial charge in [0.2, 0.25) is 0 Å². The Hall–Kier alpha value is -6.26. The van der Waals surface area contributed by atoms with Gasteiger partial charge in [0.1, 0.15) is 12.1 Å². The molecule has 0 spiro atoms. The molecule has 4 heteroatoms. The number of anilines is 4. The zero-order valence-electron chi connectivity index (χ0n) is 26.0. The van der Waals surface area contributed by atoms with Crippen LogP contribution in [0.2, 0.25) is 0 Å². The van der Waals surface area contributed by atoms with E-state index in [2.05, 4.69) is 177 Å². The lowest BCUT2D eigenvalue weighted by Crippen LogP contribution is -2.35. The summed E-state index contributed by atoms with van der Waals surface area (Å²) in [5.41, 5.74) is 18.0. The molecule has 6 heterocycles. The molecule has 6 aromatic carbocycles. The van der Waals surface area contributed by atoms with Gasteiger partial charge < -0.3 is 18.9 Å². The molecular formula is C44H28N4. The topological polar surface area (TPSA) is 16.3 Å². The summed E-state index contributed by atoms with van der Waals surface area (Å²) in [6, 6.07) is 54.4. The van der Waals surface area contributed by atoms with Crippen LogP contribution in [0.3, 0.4) is 0 Å². The van der Waals surface area contributed by atoms with Crippen LogP contribution >= 0.6 is 0 Å². The van der Waals surface area contributed by atoms with E-state index in [9.17, 15) is 0 Å². The molecule has 12 rings (SSSR count). The average Bonchev–Trinajstić information content (AvgIpc) is 3.85. The SMILES string of the molecule is c1ccc2c(c1)-c1c(ccc3c4c(ccc13)C1c3cccn3-c3ccccc3N1c1ccccc1-4)C1c3cccn3-c3ccccc3N21. The molecule has 0 aliphatic carbocycles. The summed E-state index contributed by atoms with van der Waals surface area (Å²) >= 11 is 0. The van der Waals surface area contributed by atoms with Crippen LogP contribution in [0.25, 0.3) is 44.4 Å². The highest BCUT2D eigenvalue weighted by Gasteiger charge is 2.42. The van der Waals surface area contributed by atoms with Crippen LogP contribution in [0, 0.1) is 0 Å². The van der Waals surface area contributed by atoms with Crippen LogP contribution in [0.5, 0.6) is 0 Å². The van der Waals surface area contributed by atoms with Crippen molar-refractivity contribution in [3.63, 3.8) is 0 Å². The van der Waals surface area contributed by atoms with E-state index in [0.717, 1.165) is 0 Å². The molecule has 0 N–H and O–H groups in total. The second-order valence-corrected chi connectivity index (χ2v) is 13.3. The minimum Gasteiger partial charge on any atom is -0.326 e.